The Labute approximate surface area is 187 Å². The fourth-order valence-electron chi connectivity index (χ4n) is 2.68. The summed E-state index contributed by atoms with van der Waals surface area (Å²) in [6.45, 7) is 3.75. The molecule has 0 bridgehead atoms. The number of nitrogens with one attached hydrogen (secondary N) is 2. The maximum Gasteiger partial charge on any atom is 0.228 e. The Morgan fingerprint density at radius 3 is 2.16 bits per heavy atom. The van der Waals surface area contributed by atoms with Gasteiger partial charge in [-0.05, 0) is 29.8 Å². The maximum atomic E-state index is 6.01. The van der Waals surface area contributed by atoms with Gasteiger partial charge >= 0.3 is 0 Å². The zero-order chi connectivity index (χ0) is 21.7. The number of anilines is 2. The lowest BCUT2D eigenvalue weighted by atomic mass is 10.2. The van der Waals surface area contributed by atoms with Gasteiger partial charge in [0.25, 0.3) is 0 Å². The number of aromatic nitrogens is 3. The van der Waals surface area contributed by atoms with Crippen LogP contribution in [0.3, 0.4) is 0 Å². The molecular weight excluding hydrogens is 416 g/mol. The normalized spacial score (nSPS) is 10.8. The minimum Gasteiger partial charge on any atom is -0.378 e. The molecule has 2 aromatic carbocycles. The molecule has 0 saturated carbocycles. The molecule has 0 atom stereocenters. The first-order valence-corrected chi connectivity index (χ1v) is 10.5. The third-order valence-electron chi connectivity index (χ3n) is 4.19. The van der Waals surface area contributed by atoms with Gasteiger partial charge in [0, 0.05) is 30.2 Å². The van der Waals surface area contributed by atoms with E-state index in [1.807, 2.05) is 54.6 Å². The minimum absolute atomic E-state index is 0.471. The fraction of sp³-hybridized carbons (Fsp3) is 0.318. The highest BCUT2D eigenvalue weighted by Gasteiger charge is 2.09. The predicted octanol–water partition coefficient (Wildman–Crippen LogP) is 3.21. The number of nitrogens with two attached hydrogens (primary N) is 1. The van der Waals surface area contributed by atoms with Crippen molar-refractivity contribution in [3.63, 3.8) is 0 Å². The fourth-order valence-corrected chi connectivity index (χ4v) is 2.81. The number of ether oxygens (including phenoxy) is 2. The van der Waals surface area contributed by atoms with Gasteiger partial charge in [-0.15, -0.1) is 0 Å². The minimum atomic E-state index is 0.471. The van der Waals surface area contributed by atoms with Gasteiger partial charge in [-0.1, -0.05) is 41.9 Å². The van der Waals surface area contributed by atoms with Crippen LogP contribution in [-0.4, -0.2) is 54.5 Å². The van der Waals surface area contributed by atoms with Gasteiger partial charge in [0.15, 0.2) is 5.82 Å². The van der Waals surface area contributed by atoms with Crippen LogP contribution >= 0.6 is 11.6 Å². The van der Waals surface area contributed by atoms with Gasteiger partial charge in [0.05, 0.1) is 26.4 Å². The van der Waals surface area contributed by atoms with Crippen LogP contribution in [0.4, 0.5) is 11.9 Å². The van der Waals surface area contributed by atoms with E-state index in [0.29, 0.717) is 68.8 Å². The summed E-state index contributed by atoms with van der Waals surface area (Å²) in [6.07, 6.45) is 0. The highest BCUT2D eigenvalue weighted by Crippen LogP contribution is 2.20. The molecule has 0 unspecified atom stereocenters. The van der Waals surface area contributed by atoms with Crippen molar-refractivity contribution in [1.29, 1.82) is 0 Å². The Balaban J connectivity index is 1.62. The molecular formula is C22H27ClN6O2. The highest BCUT2D eigenvalue weighted by molar-refractivity contribution is 6.30. The molecule has 0 saturated heterocycles. The summed E-state index contributed by atoms with van der Waals surface area (Å²) in [4.78, 5) is 13.6. The molecule has 0 aliphatic rings. The average Bonchev–Trinajstić information content (AvgIpc) is 2.80. The first-order valence-electron chi connectivity index (χ1n) is 10.1. The van der Waals surface area contributed by atoms with Gasteiger partial charge in [-0.3, -0.25) is 0 Å². The number of hydrogen-bond acceptors (Lipinski definition) is 8. The molecule has 3 rings (SSSR count). The molecule has 164 valence electrons. The zero-order valence-electron chi connectivity index (χ0n) is 17.3. The summed E-state index contributed by atoms with van der Waals surface area (Å²) in [5.41, 5.74) is 7.36. The average molecular weight is 443 g/mol. The molecule has 0 radical (unpaired) electrons. The number of halogens is 1. The molecule has 1 heterocycles. The second-order valence-corrected chi connectivity index (χ2v) is 7.03. The summed E-state index contributed by atoms with van der Waals surface area (Å²) in [5, 5.41) is 7.12. The van der Waals surface area contributed by atoms with Crippen molar-refractivity contribution < 1.29 is 9.47 Å². The molecule has 0 amide bonds. The van der Waals surface area contributed by atoms with E-state index in [-0.39, 0.29) is 0 Å². The highest BCUT2D eigenvalue weighted by atomic mass is 35.5. The van der Waals surface area contributed by atoms with Gasteiger partial charge in [0.2, 0.25) is 11.9 Å². The molecule has 0 aliphatic carbocycles. The van der Waals surface area contributed by atoms with E-state index in [1.54, 1.807) is 0 Å². The third kappa shape index (κ3) is 8.10. The van der Waals surface area contributed by atoms with Gasteiger partial charge in [0.1, 0.15) is 0 Å². The SMILES string of the molecule is NCCOCCOCCNc1nc(NCc2ccccc2)nc(-c2ccc(Cl)cc2)n1. The van der Waals surface area contributed by atoms with Gasteiger partial charge in [-0.25, -0.2) is 0 Å². The van der Waals surface area contributed by atoms with Gasteiger partial charge in [-0.2, -0.15) is 15.0 Å². The van der Waals surface area contributed by atoms with Crippen LogP contribution in [0.2, 0.25) is 5.02 Å². The van der Waals surface area contributed by atoms with E-state index in [9.17, 15) is 0 Å². The summed E-state index contributed by atoms with van der Waals surface area (Å²) < 4.78 is 10.8. The van der Waals surface area contributed by atoms with Crippen LogP contribution < -0.4 is 16.4 Å². The largest absolute Gasteiger partial charge is 0.378 e. The van der Waals surface area contributed by atoms with Crippen molar-refractivity contribution in [2.45, 2.75) is 6.54 Å². The van der Waals surface area contributed by atoms with Crippen LogP contribution in [-0.2, 0) is 16.0 Å². The zero-order valence-corrected chi connectivity index (χ0v) is 18.0. The van der Waals surface area contributed by atoms with E-state index in [4.69, 9.17) is 26.8 Å². The van der Waals surface area contributed by atoms with E-state index in [2.05, 4.69) is 25.6 Å². The lowest BCUT2D eigenvalue weighted by molar-refractivity contribution is 0.0547. The second-order valence-electron chi connectivity index (χ2n) is 6.59. The van der Waals surface area contributed by atoms with E-state index in [0.717, 1.165) is 11.1 Å². The van der Waals surface area contributed by atoms with Crippen LogP contribution in [0.1, 0.15) is 5.56 Å². The smallest absolute Gasteiger partial charge is 0.228 e. The van der Waals surface area contributed by atoms with E-state index >= 15 is 0 Å². The summed E-state index contributed by atoms with van der Waals surface area (Å²) in [5.74, 6) is 1.52. The van der Waals surface area contributed by atoms with Crippen LogP contribution in [0.5, 0.6) is 0 Å². The lowest BCUT2D eigenvalue weighted by Gasteiger charge is -2.11. The van der Waals surface area contributed by atoms with Crippen molar-refractivity contribution in [3.8, 4) is 11.4 Å². The second kappa shape index (κ2) is 12.8. The Morgan fingerprint density at radius 1 is 0.774 bits per heavy atom. The molecule has 1 aromatic heterocycles. The van der Waals surface area contributed by atoms with E-state index < -0.39 is 0 Å². The maximum absolute atomic E-state index is 6.01. The number of benzene rings is 2. The Kier molecular flexibility index (Phi) is 9.46. The molecule has 8 nitrogen and oxygen atoms in total. The predicted molar refractivity (Wildman–Crippen MR) is 123 cm³/mol. The monoisotopic (exact) mass is 442 g/mol. The Hall–Kier alpha value is -2.78. The van der Waals surface area contributed by atoms with Crippen LogP contribution in [0, 0.1) is 0 Å². The molecule has 0 aliphatic heterocycles. The quantitative estimate of drug-likeness (QED) is 0.346. The Morgan fingerprint density at radius 2 is 1.45 bits per heavy atom. The Bertz CT molecular complexity index is 912. The van der Waals surface area contributed by atoms with Crippen molar-refractivity contribution in [1.82, 2.24) is 15.0 Å². The van der Waals surface area contributed by atoms with Crippen molar-refractivity contribution >= 4 is 23.5 Å². The van der Waals surface area contributed by atoms with Crippen molar-refractivity contribution in [2.24, 2.45) is 5.73 Å². The first kappa shape index (κ1) is 22.9. The van der Waals surface area contributed by atoms with E-state index in [1.165, 1.54) is 0 Å². The topological polar surface area (TPSA) is 107 Å². The molecule has 3 aromatic rings. The number of hydrogen-bond donors (Lipinski definition) is 3. The van der Waals surface area contributed by atoms with Crippen molar-refractivity contribution in [3.05, 3.63) is 65.2 Å². The van der Waals surface area contributed by atoms with Crippen LogP contribution in [0.15, 0.2) is 54.6 Å². The molecule has 31 heavy (non-hydrogen) atoms. The van der Waals surface area contributed by atoms with Crippen molar-refractivity contribution in [2.75, 3.05) is 50.2 Å². The van der Waals surface area contributed by atoms with Gasteiger partial charge < -0.3 is 25.8 Å². The molecule has 4 N–H and O–H groups in total. The third-order valence-corrected chi connectivity index (χ3v) is 4.45. The standard InChI is InChI=1S/C22H27ClN6O2/c23-19-8-6-18(7-9-19)20-27-21(25-11-13-31-15-14-30-12-10-24)29-22(28-20)26-16-17-4-2-1-3-5-17/h1-9H,10-16,24H2,(H2,25,26,27,28,29). The summed E-state index contributed by atoms with van der Waals surface area (Å²) in [7, 11) is 0. The first-order chi connectivity index (χ1) is 15.2. The summed E-state index contributed by atoms with van der Waals surface area (Å²) >= 11 is 6.01. The number of nitrogens with zero attached hydrogens (tertiary/aromatic N) is 3. The number of rotatable bonds is 13. The van der Waals surface area contributed by atoms with Crippen LogP contribution in [0.25, 0.3) is 11.4 Å². The molecule has 0 spiro atoms. The summed E-state index contributed by atoms with van der Waals surface area (Å²) in [6, 6.07) is 17.5. The molecule has 0 fully saturated rings. The molecule has 9 heteroatoms. The lowest BCUT2D eigenvalue weighted by Crippen LogP contribution is -2.16.